The molecule has 1 saturated heterocycles. The SMILES string of the molecule is COCCCn1cc(CN(C(=O)[C@H]2CNCCO2)C2CC2)c2c(C#N)cccc21. The summed E-state index contributed by atoms with van der Waals surface area (Å²) in [6.45, 7) is 3.91. The van der Waals surface area contributed by atoms with E-state index in [4.69, 9.17) is 9.47 Å². The lowest BCUT2D eigenvalue weighted by Crippen LogP contribution is -2.49. The van der Waals surface area contributed by atoms with E-state index in [9.17, 15) is 10.1 Å². The summed E-state index contributed by atoms with van der Waals surface area (Å²) < 4.78 is 13.1. The molecule has 1 aliphatic carbocycles. The fourth-order valence-corrected chi connectivity index (χ4v) is 4.08. The number of carbonyl (C=O) groups excluding carboxylic acids is 1. The first-order valence-electron chi connectivity index (χ1n) is 10.4. The molecule has 2 fully saturated rings. The van der Waals surface area contributed by atoms with E-state index in [2.05, 4.69) is 22.1 Å². The van der Waals surface area contributed by atoms with Crippen LogP contribution in [-0.4, -0.2) is 60.9 Å². The van der Waals surface area contributed by atoms with Crippen LogP contribution in [0.5, 0.6) is 0 Å². The number of ether oxygens (including phenoxy) is 2. The van der Waals surface area contributed by atoms with Gasteiger partial charge >= 0.3 is 0 Å². The summed E-state index contributed by atoms with van der Waals surface area (Å²) in [5.74, 6) is 0.0504. The number of aryl methyl sites for hydroxylation is 1. The molecule has 0 spiro atoms. The number of hydrogen-bond acceptors (Lipinski definition) is 5. The highest BCUT2D eigenvalue weighted by Crippen LogP contribution is 2.33. The van der Waals surface area contributed by atoms with Crippen LogP contribution >= 0.6 is 0 Å². The van der Waals surface area contributed by atoms with Gasteiger partial charge in [0.1, 0.15) is 6.10 Å². The van der Waals surface area contributed by atoms with Gasteiger partial charge in [0.25, 0.3) is 5.91 Å². The third kappa shape index (κ3) is 4.30. The second kappa shape index (κ2) is 8.95. The molecule has 1 atom stereocenters. The third-order valence-electron chi connectivity index (χ3n) is 5.67. The van der Waals surface area contributed by atoms with E-state index in [1.165, 1.54) is 0 Å². The third-order valence-corrected chi connectivity index (χ3v) is 5.67. The number of nitrogens with zero attached hydrogens (tertiary/aromatic N) is 3. The predicted octanol–water partition coefficient (Wildman–Crippen LogP) is 2.03. The number of rotatable bonds is 8. The highest BCUT2D eigenvalue weighted by molar-refractivity contribution is 5.90. The largest absolute Gasteiger partial charge is 0.385 e. The van der Waals surface area contributed by atoms with E-state index in [0.29, 0.717) is 31.9 Å². The Morgan fingerprint density at radius 2 is 2.31 bits per heavy atom. The molecule has 0 radical (unpaired) electrons. The molecule has 7 heteroatoms. The van der Waals surface area contributed by atoms with Crippen LogP contribution in [0.15, 0.2) is 24.4 Å². The predicted molar refractivity (Wildman–Crippen MR) is 109 cm³/mol. The molecule has 1 aliphatic heterocycles. The monoisotopic (exact) mass is 396 g/mol. The van der Waals surface area contributed by atoms with Gasteiger partial charge in [-0.15, -0.1) is 0 Å². The molecule has 154 valence electrons. The van der Waals surface area contributed by atoms with Crippen molar-refractivity contribution in [2.24, 2.45) is 0 Å². The average Bonchev–Trinajstić information content (AvgIpc) is 3.55. The van der Waals surface area contributed by atoms with Crippen LogP contribution in [0, 0.1) is 11.3 Å². The van der Waals surface area contributed by atoms with Crippen LogP contribution in [0.4, 0.5) is 0 Å². The summed E-state index contributed by atoms with van der Waals surface area (Å²) in [7, 11) is 1.70. The van der Waals surface area contributed by atoms with Gasteiger partial charge < -0.3 is 24.3 Å². The number of benzene rings is 1. The Bertz CT molecular complexity index is 907. The number of methoxy groups -OCH3 is 1. The zero-order chi connectivity index (χ0) is 20.2. The minimum absolute atomic E-state index is 0.0504. The second-order valence-electron chi connectivity index (χ2n) is 7.77. The molecule has 2 aliphatic rings. The van der Waals surface area contributed by atoms with Crippen molar-refractivity contribution < 1.29 is 14.3 Å². The maximum atomic E-state index is 13.2. The Morgan fingerprint density at radius 3 is 3.00 bits per heavy atom. The summed E-state index contributed by atoms with van der Waals surface area (Å²) in [6, 6.07) is 8.41. The first-order chi connectivity index (χ1) is 14.2. The summed E-state index contributed by atoms with van der Waals surface area (Å²) in [5, 5.41) is 13.9. The molecule has 4 rings (SSSR count). The maximum absolute atomic E-state index is 13.2. The van der Waals surface area contributed by atoms with Crippen molar-refractivity contribution in [2.45, 2.75) is 44.5 Å². The number of carbonyl (C=O) groups is 1. The lowest BCUT2D eigenvalue weighted by molar-refractivity contribution is -0.146. The van der Waals surface area contributed by atoms with Crippen LogP contribution in [0.2, 0.25) is 0 Å². The first-order valence-corrected chi connectivity index (χ1v) is 10.4. The highest BCUT2D eigenvalue weighted by atomic mass is 16.5. The minimum atomic E-state index is -0.421. The molecule has 1 amide bonds. The Hall–Kier alpha value is -2.40. The number of nitriles is 1. The fourth-order valence-electron chi connectivity index (χ4n) is 4.08. The Balaban J connectivity index is 1.64. The van der Waals surface area contributed by atoms with Crippen molar-refractivity contribution in [3.05, 3.63) is 35.5 Å². The van der Waals surface area contributed by atoms with Gasteiger partial charge in [0.05, 0.1) is 18.2 Å². The van der Waals surface area contributed by atoms with E-state index >= 15 is 0 Å². The number of aromatic nitrogens is 1. The van der Waals surface area contributed by atoms with E-state index in [1.54, 1.807) is 7.11 Å². The molecule has 1 aromatic heterocycles. The minimum Gasteiger partial charge on any atom is -0.385 e. The van der Waals surface area contributed by atoms with Gasteiger partial charge in [-0.05, 0) is 37.0 Å². The molecule has 2 heterocycles. The van der Waals surface area contributed by atoms with Gasteiger partial charge in [-0.2, -0.15) is 5.26 Å². The molecule has 1 saturated carbocycles. The zero-order valence-corrected chi connectivity index (χ0v) is 16.9. The van der Waals surface area contributed by atoms with Crippen LogP contribution in [0.3, 0.4) is 0 Å². The van der Waals surface area contributed by atoms with Crippen molar-refractivity contribution in [2.75, 3.05) is 33.4 Å². The quantitative estimate of drug-likeness (QED) is 0.691. The Labute approximate surface area is 171 Å². The van der Waals surface area contributed by atoms with Crippen LogP contribution < -0.4 is 5.32 Å². The highest BCUT2D eigenvalue weighted by Gasteiger charge is 2.37. The summed E-state index contributed by atoms with van der Waals surface area (Å²) in [4.78, 5) is 15.1. The maximum Gasteiger partial charge on any atom is 0.253 e. The molecule has 2 aromatic rings. The number of morpholine rings is 1. The average molecular weight is 396 g/mol. The second-order valence-corrected chi connectivity index (χ2v) is 7.77. The molecule has 0 unspecified atom stereocenters. The molecule has 7 nitrogen and oxygen atoms in total. The molecule has 29 heavy (non-hydrogen) atoms. The Morgan fingerprint density at radius 1 is 1.45 bits per heavy atom. The van der Waals surface area contributed by atoms with Crippen LogP contribution in [0.1, 0.15) is 30.4 Å². The number of amides is 1. The van der Waals surface area contributed by atoms with Gasteiger partial charge in [-0.25, -0.2) is 0 Å². The summed E-state index contributed by atoms with van der Waals surface area (Å²) >= 11 is 0. The topological polar surface area (TPSA) is 79.5 Å². The van der Waals surface area contributed by atoms with Crippen LogP contribution in [-0.2, 0) is 27.4 Å². The lowest BCUT2D eigenvalue weighted by atomic mass is 10.1. The van der Waals surface area contributed by atoms with Crippen molar-refractivity contribution in [1.29, 1.82) is 5.26 Å². The molecule has 1 aromatic carbocycles. The van der Waals surface area contributed by atoms with Gasteiger partial charge in [0.15, 0.2) is 0 Å². The van der Waals surface area contributed by atoms with Crippen molar-refractivity contribution in [3.8, 4) is 6.07 Å². The zero-order valence-electron chi connectivity index (χ0n) is 16.9. The summed E-state index contributed by atoms with van der Waals surface area (Å²) in [5.41, 5.74) is 2.72. The number of fused-ring (bicyclic) bond motifs is 1. The van der Waals surface area contributed by atoms with Crippen molar-refractivity contribution in [3.63, 3.8) is 0 Å². The van der Waals surface area contributed by atoms with E-state index in [-0.39, 0.29) is 11.9 Å². The van der Waals surface area contributed by atoms with E-state index in [0.717, 1.165) is 48.8 Å². The molecule has 1 N–H and O–H groups in total. The Kier molecular flexibility index (Phi) is 6.14. The number of nitrogens with one attached hydrogen (secondary N) is 1. The standard InChI is InChI=1S/C22H28N4O3/c1-28-10-3-9-25-14-17(21-16(12-23)4-2-5-19(21)25)15-26(18-6-7-18)22(27)20-13-24-8-11-29-20/h2,4-5,14,18,20,24H,3,6-11,13,15H2,1H3/t20-/m1/s1. The smallest absolute Gasteiger partial charge is 0.253 e. The van der Waals surface area contributed by atoms with Gasteiger partial charge in [0.2, 0.25) is 0 Å². The van der Waals surface area contributed by atoms with Crippen molar-refractivity contribution in [1.82, 2.24) is 14.8 Å². The van der Waals surface area contributed by atoms with Gasteiger partial charge in [-0.3, -0.25) is 4.79 Å². The molecule has 0 bridgehead atoms. The summed E-state index contributed by atoms with van der Waals surface area (Å²) in [6.07, 6.45) is 4.63. The fraction of sp³-hybridized carbons (Fsp3) is 0.545. The molecular formula is C22H28N4O3. The normalized spacial score (nSPS) is 19.2. The molecular weight excluding hydrogens is 368 g/mol. The number of hydrogen-bond donors (Lipinski definition) is 1. The van der Waals surface area contributed by atoms with E-state index in [1.807, 2.05) is 23.1 Å². The lowest BCUT2D eigenvalue weighted by Gasteiger charge is -2.30. The first kappa shape index (κ1) is 19.9. The van der Waals surface area contributed by atoms with E-state index < -0.39 is 6.10 Å². The van der Waals surface area contributed by atoms with Gasteiger partial charge in [0, 0.05) is 63.0 Å². The van der Waals surface area contributed by atoms with Gasteiger partial charge in [-0.1, -0.05) is 6.07 Å². The van der Waals surface area contributed by atoms with Crippen molar-refractivity contribution >= 4 is 16.8 Å². The van der Waals surface area contributed by atoms with Crippen LogP contribution in [0.25, 0.3) is 10.9 Å².